The van der Waals surface area contributed by atoms with Gasteiger partial charge in [-0.2, -0.15) is 0 Å². The molecule has 2 heterocycles. The lowest BCUT2D eigenvalue weighted by molar-refractivity contribution is -0.118. The Morgan fingerprint density at radius 3 is 2.79 bits per heavy atom. The number of nitrogens with zero attached hydrogens (tertiary/aromatic N) is 3. The highest BCUT2D eigenvalue weighted by atomic mass is 35.5. The maximum Gasteiger partial charge on any atom is 0.266 e. The lowest BCUT2D eigenvalue weighted by Crippen LogP contribution is -2.26. The van der Waals surface area contributed by atoms with Crippen LogP contribution < -0.4 is 15.6 Å². The van der Waals surface area contributed by atoms with Gasteiger partial charge in [-0.25, -0.2) is 4.98 Å². The van der Waals surface area contributed by atoms with Gasteiger partial charge in [-0.15, -0.1) is 0 Å². The van der Waals surface area contributed by atoms with E-state index in [2.05, 4.69) is 15.3 Å². The number of hydrogen-bond acceptors (Lipinski definition) is 6. The molecule has 4 aromatic rings. The van der Waals surface area contributed by atoms with Crippen LogP contribution in [0.5, 0.6) is 5.75 Å². The minimum Gasteiger partial charge on any atom is -0.495 e. The zero-order valence-electron chi connectivity index (χ0n) is 18.0. The predicted molar refractivity (Wildman–Crippen MR) is 130 cm³/mol. The molecule has 0 saturated heterocycles. The number of methoxy groups -OCH3 is 1. The number of carbonyl (C=O) groups excluding carboxylic acids is 1. The molecule has 168 valence electrons. The van der Waals surface area contributed by atoms with Crippen molar-refractivity contribution < 1.29 is 9.53 Å². The van der Waals surface area contributed by atoms with Gasteiger partial charge in [0, 0.05) is 11.2 Å². The molecule has 0 atom stereocenters. The summed E-state index contributed by atoms with van der Waals surface area (Å²) in [7, 11) is 1.55. The quantitative estimate of drug-likeness (QED) is 0.316. The van der Waals surface area contributed by atoms with Crippen molar-refractivity contribution in [3.8, 4) is 11.4 Å². The molecule has 0 aliphatic heterocycles. The number of rotatable bonds is 7. The highest BCUT2D eigenvalue weighted by molar-refractivity contribution is 7.99. The Balaban J connectivity index is 1.70. The second kappa shape index (κ2) is 10.1. The SMILES string of the molecule is COc1ccc(C)cc1-n1c(SCC(=O)NCc2ccccn2)nc2cc(Cl)ccc2c1=O. The van der Waals surface area contributed by atoms with Crippen LogP contribution in [-0.2, 0) is 11.3 Å². The maximum absolute atomic E-state index is 13.5. The second-order valence-corrected chi connectivity index (χ2v) is 8.64. The Bertz CT molecular complexity index is 1380. The van der Waals surface area contributed by atoms with Crippen LogP contribution in [0.4, 0.5) is 0 Å². The monoisotopic (exact) mass is 480 g/mol. The number of aryl methyl sites for hydroxylation is 1. The zero-order chi connectivity index (χ0) is 23.4. The number of halogens is 1. The van der Waals surface area contributed by atoms with Crippen molar-refractivity contribution in [3.05, 3.63) is 87.4 Å². The first-order valence-electron chi connectivity index (χ1n) is 10.1. The smallest absolute Gasteiger partial charge is 0.266 e. The second-order valence-electron chi connectivity index (χ2n) is 7.26. The van der Waals surface area contributed by atoms with E-state index in [1.165, 1.54) is 16.3 Å². The molecule has 7 nitrogen and oxygen atoms in total. The van der Waals surface area contributed by atoms with Crippen LogP contribution in [-0.4, -0.2) is 33.3 Å². The average molecular weight is 481 g/mol. The van der Waals surface area contributed by atoms with Crippen LogP contribution >= 0.6 is 23.4 Å². The van der Waals surface area contributed by atoms with Crippen molar-refractivity contribution in [1.82, 2.24) is 19.9 Å². The van der Waals surface area contributed by atoms with Gasteiger partial charge in [0.05, 0.1) is 41.7 Å². The van der Waals surface area contributed by atoms with E-state index in [4.69, 9.17) is 16.3 Å². The number of thioether (sulfide) groups is 1. The Hall–Kier alpha value is -3.36. The first-order chi connectivity index (χ1) is 16.0. The summed E-state index contributed by atoms with van der Waals surface area (Å²) in [6.07, 6.45) is 1.67. The summed E-state index contributed by atoms with van der Waals surface area (Å²) >= 11 is 7.30. The van der Waals surface area contributed by atoms with E-state index in [1.54, 1.807) is 37.6 Å². The molecule has 0 bridgehead atoms. The molecule has 4 rings (SSSR count). The van der Waals surface area contributed by atoms with Crippen molar-refractivity contribution in [2.45, 2.75) is 18.6 Å². The molecule has 1 N–H and O–H groups in total. The van der Waals surface area contributed by atoms with Gasteiger partial charge in [0.2, 0.25) is 5.91 Å². The van der Waals surface area contributed by atoms with E-state index in [-0.39, 0.29) is 17.2 Å². The Kier molecular flexibility index (Phi) is 6.96. The molecule has 0 saturated carbocycles. The van der Waals surface area contributed by atoms with Gasteiger partial charge in [0.1, 0.15) is 5.75 Å². The lowest BCUT2D eigenvalue weighted by atomic mass is 10.2. The first-order valence-corrected chi connectivity index (χ1v) is 11.5. The number of carbonyl (C=O) groups is 1. The van der Waals surface area contributed by atoms with E-state index in [0.29, 0.717) is 39.1 Å². The molecule has 0 aliphatic carbocycles. The standard InChI is InChI=1S/C24H21ClN4O3S/c1-15-6-9-21(32-2)20(11-15)29-23(31)18-8-7-16(25)12-19(18)28-24(29)33-14-22(30)27-13-17-5-3-4-10-26-17/h3-12H,13-14H2,1-2H3,(H,27,30). The van der Waals surface area contributed by atoms with Crippen molar-refractivity contribution in [1.29, 1.82) is 0 Å². The number of nitrogens with one attached hydrogen (secondary N) is 1. The molecule has 0 fully saturated rings. The molecule has 2 aromatic carbocycles. The molecule has 9 heteroatoms. The third-order valence-electron chi connectivity index (χ3n) is 4.90. The fraction of sp³-hybridized carbons (Fsp3) is 0.167. The molecular formula is C24H21ClN4O3S. The van der Waals surface area contributed by atoms with Gasteiger partial charge in [-0.3, -0.25) is 19.1 Å². The number of amides is 1. The number of benzene rings is 2. The molecule has 2 aromatic heterocycles. The highest BCUT2D eigenvalue weighted by Gasteiger charge is 2.18. The van der Waals surface area contributed by atoms with E-state index < -0.39 is 0 Å². The summed E-state index contributed by atoms with van der Waals surface area (Å²) in [5.74, 6) is 0.396. The van der Waals surface area contributed by atoms with Gasteiger partial charge in [0.25, 0.3) is 5.56 Å². The number of ether oxygens (including phenoxy) is 1. The van der Waals surface area contributed by atoms with Crippen molar-refractivity contribution >= 4 is 40.2 Å². The number of pyridine rings is 1. The largest absolute Gasteiger partial charge is 0.495 e. The Morgan fingerprint density at radius 2 is 2.03 bits per heavy atom. The van der Waals surface area contributed by atoms with Crippen LogP contribution in [0.25, 0.3) is 16.6 Å². The zero-order valence-corrected chi connectivity index (χ0v) is 19.6. The molecule has 1 amide bonds. The minimum atomic E-state index is -0.267. The van der Waals surface area contributed by atoms with Gasteiger partial charge >= 0.3 is 0 Å². The van der Waals surface area contributed by atoms with E-state index >= 15 is 0 Å². The first kappa shape index (κ1) is 22.8. The molecule has 0 radical (unpaired) electrons. The van der Waals surface area contributed by atoms with E-state index in [1.807, 2.05) is 37.3 Å². The summed E-state index contributed by atoms with van der Waals surface area (Å²) in [5.41, 5.74) is 2.47. The molecular weight excluding hydrogens is 460 g/mol. The average Bonchev–Trinajstić information content (AvgIpc) is 2.82. The number of hydrogen-bond donors (Lipinski definition) is 1. The fourth-order valence-corrected chi connectivity index (χ4v) is 4.30. The summed E-state index contributed by atoms with van der Waals surface area (Å²) in [6.45, 7) is 2.25. The van der Waals surface area contributed by atoms with Crippen LogP contribution in [0.2, 0.25) is 5.02 Å². The van der Waals surface area contributed by atoms with Gasteiger partial charge in [-0.05, 0) is 55.0 Å². The number of aromatic nitrogens is 3. The maximum atomic E-state index is 13.5. The van der Waals surface area contributed by atoms with Gasteiger partial charge < -0.3 is 10.1 Å². The van der Waals surface area contributed by atoms with Crippen LogP contribution in [0.1, 0.15) is 11.3 Å². The normalized spacial score (nSPS) is 10.9. The Morgan fingerprint density at radius 1 is 1.18 bits per heavy atom. The topological polar surface area (TPSA) is 86.1 Å². The summed E-state index contributed by atoms with van der Waals surface area (Å²) in [4.78, 5) is 34.9. The van der Waals surface area contributed by atoms with Crippen molar-refractivity contribution in [2.24, 2.45) is 0 Å². The molecule has 33 heavy (non-hydrogen) atoms. The van der Waals surface area contributed by atoms with Crippen LogP contribution in [0.3, 0.4) is 0 Å². The molecule has 0 spiro atoms. The van der Waals surface area contributed by atoms with Crippen molar-refractivity contribution in [3.63, 3.8) is 0 Å². The predicted octanol–water partition coefficient (Wildman–Crippen LogP) is 4.16. The molecule has 0 aliphatic rings. The van der Waals surface area contributed by atoms with Gasteiger partial charge in [0.15, 0.2) is 5.16 Å². The lowest BCUT2D eigenvalue weighted by Gasteiger charge is -2.16. The number of fused-ring (bicyclic) bond motifs is 1. The van der Waals surface area contributed by atoms with Crippen molar-refractivity contribution in [2.75, 3.05) is 12.9 Å². The summed E-state index contributed by atoms with van der Waals surface area (Å²) in [5, 5.41) is 4.10. The van der Waals surface area contributed by atoms with E-state index in [0.717, 1.165) is 11.3 Å². The highest BCUT2D eigenvalue weighted by Crippen LogP contribution is 2.28. The fourth-order valence-electron chi connectivity index (χ4n) is 3.30. The van der Waals surface area contributed by atoms with Gasteiger partial charge in [-0.1, -0.05) is 35.5 Å². The minimum absolute atomic E-state index is 0.0689. The Labute approximate surface area is 199 Å². The summed E-state index contributed by atoms with van der Waals surface area (Å²) in [6, 6.07) is 16.0. The third-order valence-corrected chi connectivity index (χ3v) is 6.07. The molecule has 0 unspecified atom stereocenters. The van der Waals surface area contributed by atoms with Crippen LogP contribution in [0, 0.1) is 6.92 Å². The summed E-state index contributed by atoms with van der Waals surface area (Å²) < 4.78 is 6.99. The third kappa shape index (κ3) is 5.18. The van der Waals surface area contributed by atoms with Crippen LogP contribution in [0.15, 0.2) is 70.7 Å². The van der Waals surface area contributed by atoms with E-state index in [9.17, 15) is 9.59 Å².